The van der Waals surface area contributed by atoms with E-state index in [4.69, 9.17) is 0 Å². The minimum absolute atomic E-state index is 0.162. The lowest BCUT2D eigenvalue weighted by Gasteiger charge is -2.07. The summed E-state index contributed by atoms with van der Waals surface area (Å²) in [5.41, 5.74) is 4.29. The summed E-state index contributed by atoms with van der Waals surface area (Å²) in [6.45, 7) is 3.80. The second-order valence-corrected chi connectivity index (χ2v) is 6.55. The first-order valence-corrected chi connectivity index (χ1v) is 8.46. The second kappa shape index (κ2) is 6.93. The fourth-order valence-corrected chi connectivity index (χ4v) is 3.17. The highest BCUT2D eigenvalue weighted by Crippen LogP contribution is 2.24. The number of nitrogens with zero attached hydrogens (tertiary/aromatic N) is 1. The lowest BCUT2D eigenvalue weighted by Crippen LogP contribution is -2.15. The molecule has 3 rings (SSSR count). The number of amides is 1. The molecule has 1 N–H and O–H groups in total. The molecule has 0 radical (unpaired) electrons. The van der Waals surface area contributed by atoms with Crippen molar-refractivity contribution >= 4 is 22.9 Å². The summed E-state index contributed by atoms with van der Waals surface area (Å²) in [6, 6.07) is 12.4. The van der Waals surface area contributed by atoms with Crippen molar-refractivity contribution in [3.8, 4) is 10.6 Å². The van der Waals surface area contributed by atoms with Crippen LogP contribution in [0.25, 0.3) is 10.6 Å². The van der Waals surface area contributed by atoms with Crippen LogP contribution < -0.4 is 5.32 Å². The molecule has 0 unspecified atom stereocenters. The smallest absolute Gasteiger partial charge is 0.230 e. The Hall–Kier alpha value is -2.53. The molecule has 24 heavy (non-hydrogen) atoms. The van der Waals surface area contributed by atoms with Gasteiger partial charge in [-0.15, -0.1) is 11.3 Å². The van der Waals surface area contributed by atoms with Gasteiger partial charge in [-0.3, -0.25) is 4.79 Å². The summed E-state index contributed by atoms with van der Waals surface area (Å²) in [5, 5.41) is 5.60. The van der Waals surface area contributed by atoms with E-state index < -0.39 is 0 Å². The van der Waals surface area contributed by atoms with Crippen LogP contribution in [0.4, 0.5) is 10.1 Å². The molecule has 1 aromatic heterocycles. The van der Waals surface area contributed by atoms with E-state index in [1.807, 2.05) is 36.6 Å². The molecule has 0 spiro atoms. The van der Waals surface area contributed by atoms with Crippen LogP contribution in [0.15, 0.2) is 47.8 Å². The van der Waals surface area contributed by atoms with Crippen molar-refractivity contribution in [2.24, 2.45) is 0 Å². The van der Waals surface area contributed by atoms with Crippen LogP contribution in [0.3, 0.4) is 0 Å². The molecule has 0 bridgehead atoms. The van der Waals surface area contributed by atoms with Crippen LogP contribution in [-0.2, 0) is 11.2 Å². The predicted octanol–water partition coefficient (Wildman–Crippen LogP) is 4.75. The van der Waals surface area contributed by atoms with Gasteiger partial charge < -0.3 is 5.32 Å². The average molecular weight is 340 g/mol. The molecule has 122 valence electrons. The zero-order valence-corrected chi connectivity index (χ0v) is 14.3. The van der Waals surface area contributed by atoms with Gasteiger partial charge in [0, 0.05) is 16.6 Å². The maximum atomic E-state index is 13.1. The number of aryl methyl sites for hydroxylation is 2. The van der Waals surface area contributed by atoms with Gasteiger partial charge in [0.05, 0.1) is 12.1 Å². The fourth-order valence-electron chi connectivity index (χ4n) is 2.34. The molecule has 1 amide bonds. The van der Waals surface area contributed by atoms with E-state index in [-0.39, 0.29) is 18.1 Å². The van der Waals surface area contributed by atoms with Gasteiger partial charge in [-0.05, 0) is 37.6 Å². The Bertz CT molecular complexity index is 871. The number of thiazole rings is 1. The van der Waals surface area contributed by atoms with Crippen molar-refractivity contribution in [3.05, 3.63) is 70.5 Å². The third-order valence-electron chi connectivity index (χ3n) is 3.65. The molecule has 0 aliphatic rings. The zero-order chi connectivity index (χ0) is 17.1. The summed E-state index contributed by atoms with van der Waals surface area (Å²) in [7, 11) is 0. The van der Waals surface area contributed by atoms with Gasteiger partial charge in [0.1, 0.15) is 10.8 Å². The van der Waals surface area contributed by atoms with Crippen molar-refractivity contribution in [2.75, 3.05) is 5.32 Å². The van der Waals surface area contributed by atoms with Crippen LogP contribution in [-0.4, -0.2) is 10.9 Å². The maximum absolute atomic E-state index is 13.1. The highest BCUT2D eigenvalue weighted by atomic mass is 32.1. The number of halogens is 1. The fraction of sp³-hybridized carbons (Fsp3) is 0.158. The normalized spacial score (nSPS) is 10.6. The summed E-state index contributed by atoms with van der Waals surface area (Å²) >= 11 is 1.52. The first-order chi connectivity index (χ1) is 11.5. The molecule has 0 saturated carbocycles. The molecule has 2 aromatic carbocycles. The van der Waals surface area contributed by atoms with Crippen molar-refractivity contribution in [1.82, 2.24) is 4.98 Å². The van der Waals surface area contributed by atoms with Crippen LogP contribution in [0.1, 0.15) is 16.8 Å². The lowest BCUT2D eigenvalue weighted by molar-refractivity contribution is -0.115. The largest absolute Gasteiger partial charge is 0.326 e. The van der Waals surface area contributed by atoms with Crippen molar-refractivity contribution in [3.63, 3.8) is 0 Å². The Morgan fingerprint density at radius 3 is 2.62 bits per heavy atom. The van der Waals surface area contributed by atoms with E-state index in [2.05, 4.69) is 10.3 Å². The molecule has 1 heterocycles. The predicted molar refractivity (Wildman–Crippen MR) is 95.8 cm³/mol. The topological polar surface area (TPSA) is 42.0 Å². The standard InChI is InChI=1S/C19H17FN2OS/c1-12-3-5-14(6-4-12)19-21-16(11-24-19)10-18(23)22-17-8-7-15(20)9-13(17)2/h3-9,11H,10H2,1-2H3,(H,22,23). The number of hydrogen-bond donors (Lipinski definition) is 1. The number of hydrogen-bond acceptors (Lipinski definition) is 3. The molecule has 0 fully saturated rings. The molecule has 3 aromatic rings. The Morgan fingerprint density at radius 2 is 1.92 bits per heavy atom. The molecule has 0 saturated heterocycles. The number of carbonyl (C=O) groups is 1. The summed E-state index contributed by atoms with van der Waals surface area (Å²) in [6.07, 6.45) is 0.194. The molecule has 3 nitrogen and oxygen atoms in total. The Kier molecular flexibility index (Phi) is 4.71. The van der Waals surface area contributed by atoms with Crippen LogP contribution in [0, 0.1) is 19.7 Å². The molecule has 0 aliphatic heterocycles. The van der Waals surface area contributed by atoms with Gasteiger partial charge in [0.25, 0.3) is 0 Å². The molecule has 5 heteroatoms. The summed E-state index contributed by atoms with van der Waals surface area (Å²) in [4.78, 5) is 16.7. The summed E-state index contributed by atoms with van der Waals surface area (Å²) < 4.78 is 13.1. The van der Waals surface area contributed by atoms with E-state index in [1.165, 1.54) is 29.0 Å². The molecule has 0 atom stereocenters. The van der Waals surface area contributed by atoms with E-state index in [9.17, 15) is 9.18 Å². The minimum atomic E-state index is -0.312. The average Bonchev–Trinajstić information content (AvgIpc) is 2.99. The minimum Gasteiger partial charge on any atom is -0.326 e. The number of aromatic nitrogens is 1. The highest BCUT2D eigenvalue weighted by molar-refractivity contribution is 7.13. The first kappa shape index (κ1) is 16.3. The quantitative estimate of drug-likeness (QED) is 0.745. The summed E-state index contributed by atoms with van der Waals surface area (Å²) in [5.74, 6) is -0.474. The number of nitrogens with one attached hydrogen (secondary N) is 1. The van der Waals surface area contributed by atoms with Gasteiger partial charge in [0.2, 0.25) is 5.91 Å². The van der Waals surface area contributed by atoms with E-state index in [1.54, 1.807) is 13.0 Å². The van der Waals surface area contributed by atoms with Gasteiger partial charge in [-0.1, -0.05) is 29.8 Å². The molecular formula is C19H17FN2OS. The van der Waals surface area contributed by atoms with Crippen LogP contribution in [0.5, 0.6) is 0 Å². The van der Waals surface area contributed by atoms with Crippen molar-refractivity contribution in [1.29, 1.82) is 0 Å². The number of carbonyl (C=O) groups excluding carboxylic acids is 1. The number of rotatable bonds is 4. The first-order valence-electron chi connectivity index (χ1n) is 7.59. The van der Waals surface area contributed by atoms with E-state index >= 15 is 0 Å². The van der Waals surface area contributed by atoms with Crippen molar-refractivity contribution in [2.45, 2.75) is 20.3 Å². The third-order valence-corrected chi connectivity index (χ3v) is 4.59. The second-order valence-electron chi connectivity index (χ2n) is 5.69. The van der Waals surface area contributed by atoms with E-state index in [0.29, 0.717) is 11.3 Å². The number of anilines is 1. The van der Waals surface area contributed by atoms with Crippen molar-refractivity contribution < 1.29 is 9.18 Å². The third kappa shape index (κ3) is 3.86. The SMILES string of the molecule is Cc1ccc(-c2nc(CC(=O)Nc3ccc(F)cc3C)cs2)cc1. The maximum Gasteiger partial charge on any atom is 0.230 e. The van der Waals surface area contributed by atoms with E-state index in [0.717, 1.165) is 16.3 Å². The monoisotopic (exact) mass is 340 g/mol. The van der Waals surface area contributed by atoms with Gasteiger partial charge in [0.15, 0.2) is 0 Å². The Labute approximate surface area is 144 Å². The van der Waals surface area contributed by atoms with Gasteiger partial charge >= 0.3 is 0 Å². The van der Waals surface area contributed by atoms with Crippen LogP contribution in [0.2, 0.25) is 0 Å². The van der Waals surface area contributed by atoms with Gasteiger partial charge in [-0.2, -0.15) is 0 Å². The van der Waals surface area contributed by atoms with Crippen LogP contribution >= 0.6 is 11.3 Å². The molecule has 0 aliphatic carbocycles. The van der Waals surface area contributed by atoms with Gasteiger partial charge in [-0.25, -0.2) is 9.37 Å². The highest BCUT2D eigenvalue weighted by Gasteiger charge is 2.10. The zero-order valence-electron chi connectivity index (χ0n) is 13.5. The lowest BCUT2D eigenvalue weighted by atomic mass is 10.1. The molecular weight excluding hydrogens is 323 g/mol. The Morgan fingerprint density at radius 1 is 1.17 bits per heavy atom. The Balaban J connectivity index is 1.68. The number of benzene rings is 2.